The molecular formula is C16H15N5O2. The Balaban J connectivity index is 2.03. The maximum absolute atomic E-state index is 11.9. The van der Waals surface area contributed by atoms with E-state index in [1.807, 2.05) is 32.9 Å². The number of imidazole rings is 1. The summed E-state index contributed by atoms with van der Waals surface area (Å²) in [5, 5.41) is 20.1. The number of ether oxygens (including phenoxy) is 1. The summed E-state index contributed by atoms with van der Waals surface area (Å²) >= 11 is 0. The third-order valence-corrected chi connectivity index (χ3v) is 3.13. The van der Waals surface area contributed by atoms with Crippen LogP contribution in [0.15, 0.2) is 12.1 Å². The third-order valence-electron chi connectivity index (χ3n) is 3.13. The van der Waals surface area contributed by atoms with E-state index in [-0.39, 0.29) is 23.9 Å². The third kappa shape index (κ3) is 3.66. The molecule has 2 rings (SSSR count). The highest BCUT2D eigenvalue weighted by atomic mass is 16.5. The number of rotatable bonds is 4. The summed E-state index contributed by atoms with van der Waals surface area (Å²) in [6, 6.07) is 7.52. The number of benzene rings is 1. The second kappa shape index (κ2) is 6.63. The number of amides is 1. The first-order valence-electron chi connectivity index (χ1n) is 6.85. The minimum absolute atomic E-state index is 0.00828. The van der Waals surface area contributed by atoms with Gasteiger partial charge in [0.25, 0.3) is 5.91 Å². The van der Waals surface area contributed by atoms with Gasteiger partial charge in [-0.1, -0.05) is 17.7 Å². The number of nitriles is 2. The first-order chi connectivity index (χ1) is 10.9. The summed E-state index contributed by atoms with van der Waals surface area (Å²) in [6.45, 7) is 5.62. The average Bonchev–Trinajstić information content (AvgIpc) is 2.88. The number of hydrogen-bond donors (Lipinski definition) is 2. The van der Waals surface area contributed by atoms with E-state index in [1.54, 1.807) is 12.1 Å². The van der Waals surface area contributed by atoms with Crippen LogP contribution >= 0.6 is 0 Å². The minimum Gasteiger partial charge on any atom is -0.483 e. The smallest absolute Gasteiger partial charge is 0.264 e. The van der Waals surface area contributed by atoms with Gasteiger partial charge in [0.1, 0.15) is 17.9 Å². The molecule has 0 radical (unpaired) electrons. The number of H-pyrrole nitrogens is 1. The SMILES string of the molecule is Cc1cc(C)c(OCC(=O)Nc2nc(C#N)c(C#N)[nH]2)c(C)c1. The molecule has 0 bridgehead atoms. The van der Waals surface area contributed by atoms with Crippen molar-refractivity contribution in [2.24, 2.45) is 0 Å². The molecule has 2 N–H and O–H groups in total. The largest absolute Gasteiger partial charge is 0.483 e. The van der Waals surface area contributed by atoms with Gasteiger partial charge < -0.3 is 9.72 Å². The highest BCUT2D eigenvalue weighted by molar-refractivity contribution is 5.90. The zero-order valence-electron chi connectivity index (χ0n) is 13.0. The van der Waals surface area contributed by atoms with Gasteiger partial charge in [0.15, 0.2) is 18.0 Å². The van der Waals surface area contributed by atoms with Crippen molar-refractivity contribution in [2.75, 3.05) is 11.9 Å². The molecule has 1 aromatic carbocycles. The molecule has 0 aliphatic carbocycles. The summed E-state index contributed by atoms with van der Waals surface area (Å²) in [5.41, 5.74) is 2.97. The van der Waals surface area contributed by atoms with Crippen molar-refractivity contribution in [3.8, 4) is 17.9 Å². The normalized spacial score (nSPS) is 9.78. The molecule has 116 valence electrons. The van der Waals surface area contributed by atoms with Crippen LogP contribution in [0.3, 0.4) is 0 Å². The number of carbonyl (C=O) groups excluding carboxylic acids is 1. The van der Waals surface area contributed by atoms with Crippen LogP contribution in [0, 0.1) is 43.4 Å². The highest BCUT2D eigenvalue weighted by Gasteiger charge is 2.13. The molecule has 7 nitrogen and oxygen atoms in total. The van der Waals surface area contributed by atoms with Crippen LogP contribution < -0.4 is 10.1 Å². The van der Waals surface area contributed by atoms with Gasteiger partial charge in [0.2, 0.25) is 5.95 Å². The molecule has 1 heterocycles. The fraction of sp³-hybridized carbons (Fsp3) is 0.250. The number of nitrogens with zero attached hydrogens (tertiary/aromatic N) is 3. The Morgan fingerprint density at radius 2 is 1.91 bits per heavy atom. The Kier molecular flexibility index (Phi) is 4.63. The quantitative estimate of drug-likeness (QED) is 0.897. The zero-order chi connectivity index (χ0) is 17.0. The van der Waals surface area contributed by atoms with Crippen LogP contribution in [-0.2, 0) is 4.79 Å². The first kappa shape index (κ1) is 16.1. The topological polar surface area (TPSA) is 115 Å². The van der Waals surface area contributed by atoms with Crippen molar-refractivity contribution >= 4 is 11.9 Å². The molecular weight excluding hydrogens is 294 g/mol. The second-order valence-corrected chi connectivity index (χ2v) is 5.10. The van der Waals surface area contributed by atoms with E-state index in [2.05, 4.69) is 15.3 Å². The zero-order valence-corrected chi connectivity index (χ0v) is 13.0. The van der Waals surface area contributed by atoms with Gasteiger partial charge in [-0.15, -0.1) is 0 Å². The van der Waals surface area contributed by atoms with Crippen molar-refractivity contribution in [1.82, 2.24) is 9.97 Å². The van der Waals surface area contributed by atoms with E-state index in [9.17, 15) is 4.79 Å². The Bertz CT molecular complexity index is 785. The monoisotopic (exact) mass is 309 g/mol. The fourth-order valence-electron chi connectivity index (χ4n) is 2.29. The lowest BCUT2D eigenvalue weighted by Gasteiger charge is -2.12. The van der Waals surface area contributed by atoms with E-state index in [4.69, 9.17) is 15.3 Å². The van der Waals surface area contributed by atoms with Crippen LogP contribution in [0.1, 0.15) is 28.1 Å². The molecule has 0 aliphatic heterocycles. The van der Waals surface area contributed by atoms with Gasteiger partial charge in [-0.2, -0.15) is 10.5 Å². The Hall–Kier alpha value is -3.32. The van der Waals surface area contributed by atoms with Gasteiger partial charge >= 0.3 is 0 Å². The highest BCUT2D eigenvalue weighted by Crippen LogP contribution is 2.24. The van der Waals surface area contributed by atoms with E-state index in [0.717, 1.165) is 16.7 Å². The molecule has 0 aliphatic rings. The molecule has 0 fully saturated rings. The predicted octanol–water partition coefficient (Wildman–Crippen LogP) is 2.10. The van der Waals surface area contributed by atoms with Crippen LogP contribution in [0.2, 0.25) is 0 Å². The summed E-state index contributed by atoms with van der Waals surface area (Å²) < 4.78 is 5.56. The second-order valence-electron chi connectivity index (χ2n) is 5.10. The van der Waals surface area contributed by atoms with Gasteiger partial charge in [0, 0.05) is 0 Å². The standard InChI is InChI=1S/C16H15N5O2/c1-9-4-10(2)15(11(3)5-9)23-8-14(22)21-16-19-12(6-17)13(7-18)20-16/h4-5H,8H2,1-3H3,(H2,19,20,21,22). The maximum atomic E-state index is 11.9. The Morgan fingerprint density at radius 3 is 2.43 bits per heavy atom. The van der Waals surface area contributed by atoms with Crippen LogP contribution in [0.4, 0.5) is 5.95 Å². The van der Waals surface area contributed by atoms with Crippen molar-refractivity contribution < 1.29 is 9.53 Å². The molecule has 1 aromatic heterocycles. The number of aromatic amines is 1. The van der Waals surface area contributed by atoms with Crippen molar-refractivity contribution in [1.29, 1.82) is 10.5 Å². The van der Waals surface area contributed by atoms with E-state index >= 15 is 0 Å². The Morgan fingerprint density at radius 1 is 1.26 bits per heavy atom. The van der Waals surface area contributed by atoms with Gasteiger partial charge in [-0.25, -0.2) is 4.98 Å². The van der Waals surface area contributed by atoms with Crippen LogP contribution in [0.25, 0.3) is 0 Å². The van der Waals surface area contributed by atoms with Crippen molar-refractivity contribution in [3.05, 3.63) is 40.2 Å². The van der Waals surface area contributed by atoms with Crippen molar-refractivity contribution in [3.63, 3.8) is 0 Å². The molecule has 1 amide bonds. The lowest BCUT2D eigenvalue weighted by molar-refractivity contribution is -0.118. The molecule has 2 aromatic rings. The molecule has 0 spiro atoms. The molecule has 23 heavy (non-hydrogen) atoms. The minimum atomic E-state index is -0.438. The number of carbonyl (C=O) groups is 1. The van der Waals surface area contributed by atoms with E-state index < -0.39 is 5.91 Å². The lowest BCUT2D eigenvalue weighted by Crippen LogP contribution is -2.21. The summed E-state index contributed by atoms with van der Waals surface area (Å²) in [6.07, 6.45) is 0. The van der Waals surface area contributed by atoms with Gasteiger partial charge in [0.05, 0.1) is 0 Å². The fourth-order valence-corrected chi connectivity index (χ4v) is 2.29. The number of anilines is 1. The Labute approximate surface area is 133 Å². The molecule has 0 saturated carbocycles. The predicted molar refractivity (Wildman–Crippen MR) is 82.8 cm³/mol. The first-order valence-corrected chi connectivity index (χ1v) is 6.85. The van der Waals surface area contributed by atoms with Crippen LogP contribution in [0.5, 0.6) is 5.75 Å². The molecule has 0 saturated heterocycles. The number of nitrogens with one attached hydrogen (secondary N) is 2. The van der Waals surface area contributed by atoms with Gasteiger partial charge in [-0.3, -0.25) is 10.1 Å². The molecule has 7 heteroatoms. The van der Waals surface area contributed by atoms with Crippen molar-refractivity contribution in [2.45, 2.75) is 20.8 Å². The lowest BCUT2D eigenvalue weighted by atomic mass is 10.1. The summed E-state index contributed by atoms with van der Waals surface area (Å²) in [4.78, 5) is 18.3. The molecule has 0 atom stereocenters. The summed E-state index contributed by atoms with van der Waals surface area (Å²) in [7, 11) is 0. The summed E-state index contributed by atoms with van der Waals surface area (Å²) in [5.74, 6) is 0.275. The van der Waals surface area contributed by atoms with E-state index in [0.29, 0.717) is 5.75 Å². The van der Waals surface area contributed by atoms with Gasteiger partial charge in [-0.05, 0) is 31.9 Å². The number of aromatic nitrogens is 2. The number of hydrogen-bond acceptors (Lipinski definition) is 5. The average molecular weight is 309 g/mol. The maximum Gasteiger partial charge on any atom is 0.264 e. The van der Waals surface area contributed by atoms with E-state index in [1.165, 1.54) is 0 Å². The number of aryl methyl sites for hydroxylation is 3. The van der Waals surface area contributed by atoms with Crippen LogP contribution in [-0.4, -0.2) is 22.5 Å². The molecule has 0 unspecified atom stereocenters.